The van der Waals surface area contributed by atoms with Crippen molar-refractivity contribution in [2.45, 2.75) is 25.9 Å². The first-order valence-electron chi connectivity index (χ1n) is 5.00. The minimum atomic E-state index is -0.300. The molecule has 0 aliphatic heterocycles. The molecule has 0 heterocycles. The van der Waals surface area contributed by atoms with Crippen molar-refractivity contribution in [2.75, 3.05) is 33.4 Å². The molecule has 0 amide bonds. The Morgan fingerprint density at radius 2 is 2.21 bits per heavy atom. The van der Waals surface area contributed by atoms with E-state index in [-0.39, 0.29) is 6.10 Å². The van der Waals surface area contributed by atoms with Crippen LogP contribution in [0.5, 0.6) is 0 Å². The Kier molecular flexibility index (Phi) is 8.54. The lowest BCUT2D eigenvalue weighted by atomic mass is 10.2. The van der Waals surface area contributed by atoms with Gasteiger partial charge in [-0.25, -0.2) is 0 Å². The van der Waals surface area contributed by atoms with Crippen molar-refractivity contribution in [3.8, 4) is 6.07 Å². The van der Waals surface area contributed by atoms with Crippen molar-refractivity contribution in [1.29, 1.82) is 5.26 Å². The molecule has 0 aliphatic carbocycles. The molecule has 82 valence electrons. The van der Waals surface area contributed by atoms with E-state index >= 15 is 0 Å². The van der Waals surface area contributed by atoms with Crippen LogP contribution in [0.25, 0.3) is 0 Å². The summed E-state index contributed by atoms with van der Waals surface area (Å²) in [6.45, 7) is 4.69. The van der Waals surface area contributed by atoms with Crippen LogP contribution in [0.2, 0.25) is 0 Å². The zero-order valence-electron chi connectivity index (χ0n) is 9.07. The third kappa shape index (κ3) is 6.84. The van der Waals surface area contributed by atoms with E-state index in [9.17, 15) is 5.11 Å². The van der Waals surface area contributed by atoms with Crippen LogP contribution in [0.3, 0.4) is 0 Å². The first kappa shape index (κ1) is 13.4. The molecule has 14 heavy (non-hydrogen) atoms. The van der Waals surface area contributed by atoms with E-state index in [1.165, 1.54) is 0 Å². The van der Waals surface area contributed by atoms with E-state index in [1.54, 1.807) is 7.11 Å². The Morgan fingerprint density at radius 1 is 1.50 bits per heavy atom. The zero-order valence-corrected chi connectivity index (χ0v) is 9.07. The Bertz CT molecular complexity index is 168. The van der Waals surface area contributed by atoms with Crippen LogP contribution in [-0.2, 0) is 4.74 Å². The summed E-state index contributed by atoms with van der Waals surface area (Å²) in [5.41, 5.74) is 0. The number of hydrogen-bond acceptors (Lipinski definition) is 4. The van der Waals surface area contributed by atoms with Crippen LogP contribution in [0.15, 0.2) is 0 Å². The number of aliphatic hydroxyl groups is 1. The topological polar surface area (TPSA) is 56.5 Å². The molecule has 4 heteroatoms. The van der Waals surface area contributed by atoms with Crippen LogP contribution in [0, 0.1) is 11.3 Å². The second-order valence-electron chi connectivity index (χ2n) is 3.26. The summed E-state index contributed by atoms with van der Waals surface area (Å²) in [4.78, 5) is 2.06. The predicted molar refractivity (Wildman–Crippen MR) is 54.8 cm³/mol. The summed E-state index contributed by atoms with van der Waals surface area (Å²) >= 11 is 0. The van der Waals surface area contributed by atoms with E-state index < -0.39 is 0 Å². The van der Waals surface area contributed by atoms with Crippen molar-refractivity contribution in [2.24, 2.45) is 0 Å². The highest BCUT2D eigenvalue weighted by molar-refractivity contribution is 4.73. The number of hydrogen-bond donors (Lipinski definition) is 1. The van der Waals surface area contributed by atoms with Gasteiger partial charge in [-0.2, -0.15) is 5.26 Å². The quantitative estimate of drug-likeness (QED) is 0.624. The number of rotatable bonds is 8. The lowest BCUT2D eigenvalue weighted by Crippen LogP contribution is -2.35. The third-order valence-corrected chi connectivity index (χ3v) is 2.09. The largest absolute Gasteiger partial charge is 0.392 e. The van der Waals surface area contributed by atoms with Gasteiger partial charge >= 0.3 is 0 Å². The normalized spacial score (nSPS) is 12.8. The summed E-state index contributed by atoms with van der Waals surface area (Å²) < 4.78 is 4.96. The zero-order chi connectivity index (χ0) is 10.8. The molecule has 1 atom stereocenters. The SMILES string of the molecule is CCC(O)CN(CCC#N)CCOC. The molecule has 0 spiro atoms. The van der Waals surface area contributed by atoms with E-state index in [0.29, 0.717) is 26.1 Å². The Labute approximate surface area is 86.1 Å². The van der Waals surface area contributed by atoms with Crippen LogP contribution >= 0.6 is 0 Å². The summed E-state index contributed by atoms with van der Waals surface area (Å²) in [6.07, 6.45) is 0.946. The van der Waals surface area contributed by atoms with Gasteiger partial charge in [0.25, 0.3) is 0 Å². The molecule has 0 bridgehead atoms. The van der Waals surface area contributed by atoms with E-state index in [2.05, 4.69) is 11.0 Å². The molecule has 0 aromatic heterocycles. The van der Waals surface area contributed by atoms with E-state index in [4.69, 9.17) is 10.00 Å². The fourth-order valence-corrected chi connectivity index (χ4v) is 1.15. The fraction of sp³-hybridized carbons (Fsp3) is 0.900. The van der Waals surface area contributed by atoms with Crippen molar-refractivity contribution in [3.63, 3.8) is 0 Å². The molecule has 1 unspecified atom stereocenters. The molecule has 1 N–H and O–H groups in total. The van der Waals surface area contributed by atoms with Gasteiger partial charge in [-0.1, -0.05) is 6.92 Å². The van der Waals surface area contributed by atoms with Gasteiger partial charge in [-0.05, 0) is 6.42 Å². The van der Waals surface area contributed by atoms with E-state index in [0.717, 1.165) is 13.0 Å². The fourth-order valence-electron chi connectivity index (χ4n) is 1.15. The minimum Gasteiger partial charge on any atom is -0.392 e. The van der Waals surface area contributed by atoms with Crippen LogP contribution in [0.1, 0.15) is 19.8 Å². The first-order chi connectivity index (χ1) is 6.74. The molecule has 0 aliphatic rings. The number of ether oxygens (including phenoxy) is 1. The molecule has 0 radical (unpaired) electrons. The molecule has 0 rings (SSSR count). The third-order valence-electron chi connectivity index (χ3n) is 2.09. The summed E-state index contributed by atoms with van der Waals surface area (Å²) in [7, 11) is 1.65. The van der Waals surface area contributed by atoms with Crippen LogP contribution < -0.4 is 0 Å². The Hall–Kier alpha value is -0.630. The average molecular weight is 200 g/mol. The maximum absolute atomic E-state index is 9.46. The molecule has 0 saturated carbocycles. The lowest BCUT2D eigenvalue weighted by molar-refractivity contribution is 0.0881. The Balaban J connectivity index is 3.78. The number of nitrogens with zero attached hydrogens (tertiary/aromatic N) is 2. The van der Waals surface area contributed by atoms with Crippen molar-refractivity contribution >= 4 is 0 Å². The minimum absolute atomic E-state index is 0.300. The first-order valence-corrected chi connectivity index (χ1v) is 5.00. The molecule has 0 aromatic rings. The smallest absolute Gasteiger partial charge is 0.0664 e. The lowest BCUT2D eigenvalue weighted by Gasteiger charge is -2.23. The van der Waals surface area contributed by atoms with Gasteiger partial charge in [0, 0.05) is 33.2 Å². The summed E-state index contributed by atoms with van der Waals surface area (Å²) in [5.74, 6) is 0. The Morgan fingerprint density at radius 3 is 2.71 bits per heavy atom. The highest BCUT2D eigenvalue weighted by Crippen LogP contribution is 1.97. The molecule has 0 aromatic carbocycles. The van der Waals surface area contributed by atoms with Gasteiger partial charge in [0.15, 0.2) is 0 Å². The van der Waals surface area contributed by atoms with Crippen molar-refractivity contribution in [1.82, 2.24) is 4.90 Å². The average Bonchev–Trinajstić information content (AvgIpc) is 2.21. The summed E-state index contributed by atoms with van der Waals surface area (Å²) in [5, 5.41) is 17.9. The van der Waals surface area contributed by atoms with Gasteiger partial charge in [0.2, 0.25) is 0 Å². The van der Waals surface area contributed by atoms with Crippen molar-refractivity contribution < 1.29 is 9.84 Å². The van der Waals surface area contributed by atoms with Gasteiger partial charge in [-0.15, -0.1) is 0 Å². The maximum Gasteiger partial charge on any atom is 0.0664 e. The number of aliphatic hydroxyl groups excluding tert-OH is 1. The maximum atomic E-state index is 9.46. The molecular formula is C10H20N2O2. The molecule has 0 fully saturated rings. The van der Waals surface area contributed by atoms with Gasteiger partial charge in [0.1, 0.15) is 0 Å². The van der Waals surface area contributed by atoms with Gasteiger partial charge in [-0.3, -0.25) is 4.90 Å². The van der Waals surface area contributed by atoms with Gasteiger partial charge < -0.3 is 9.84 Å². The van der Waals surface area contributed by atoms with Crippen LogP contribution in [-0.4, -0.2) is 49.5 Å². The highest BCUT2D eigenvalue weighted by atomic mass is 16.5. The second kappa shape index (κ2) is 8.95. The summed E-state index contributed by atoms with van der Waals surface area (Å²) in [6, 6.07) is 2.10. The molecule has 0 saturated heterocycles. The predicted octanol–water partition coefficient (Wildman–Crippen LogP) is 0.619. The van der Waals surface area contributed by atoms with Crippen molar-refractivity contribution in [3.05, 3.63) is 0 Å². The highest BCUT2D eigenvalue weighted by Gasteiger charge is 2.09. The monoisotopic (exact) mass is 200 g/mol. The number of methoxy groups -OCH3 is 1. The molecular weight excluding hydrogens is 180 g/mol. The van der Waals surface area contributed by atoms with Crippen LogP contribution in [0.4, 0.5) is 0 Å². The standard InChI is InChI=1S/C10H20N2O2/c1-3-10(13)9-12(6-4-5-11)7-8-14-2/h10,13H,3-4,6-9H2,1-2H3. The second-order valence-corrected chi connectivity index (χ2v) is 3.26. The number of nitriles is 1. The van der Waals surface area contributed by atoms with Gasteiger partial charge in [0.05, 0.1) is 18.8 Å². The van der Waals surface area contributed by atoms with E-state index in [1.807, 2.05) is 6.92 Å². The molecule has 4 nitrogen and oxygen atoms in total.